The molecule has 3 nitrogen and oxygen atoms in total. The van der Waals surface area contributed by atoms with Crippen molar-refractivity contribution in [3.05, 3.63) is 29.6 Å². The first-order valence-corrected chi connectivity index (χ1v) is 4.66. The topological polar surface area (TPSA) is 41.1 Å². The molecule has 0 spiro atoms. The first-order chi connectivity index (χ1) is 7.78. The molecule has 0 aromatic heterocycles. The summed E-state index contributed by atoms with van der Waals surface area (Å²) in [6.45, 7) is 0.0933. The van der Waals surface area contributed by atoms with Crippen LogP contribution in [0.15, 0.2) is 18.2 Å². The Balaban J connectivity index is 2.54. The molecule has 7 heteroatoms. The van der Waals surface area contributed by atoms with E-state index in [4.69, 9.17) is 0 Å². The molecular weight excluding hydrogens is 240 g/mol. The number of benzene rings is 1. The van der Waals surface area contributed by atoms with E-state index >= 15 is 0 Å². The lowest BCUT2D eigenvalue weighted by Crippen LogP contribution is -2.36. The largest absolute Gasteiger partial charge is 0.405 e. The van der Waals surface area contributed by atoms with E-state index in [1.807, 2.05) is 0 Å². The molecule has 2 N–H and O–H groups in total. The Kier molecular flexibility index (Phi) is 3.93. The van der Waals surface area contributed by atoms with Crippen LogP contribution in [0.2, 0.25) is 0 Å². The minimum Gasteiger partial charge on any atom is -0.329 e. The van der Waals surface area contributed by atoms with Crippen LogP contribution in [0.1, 0.15) is 5.56 Å². The summed E-state index contributed by atoms with van der Waals surface area (Å²) in [4.78, 5) is 11.0. The Hall–Kier alpha value is -1.79. The number of rotatable bonds is 2. The van der Waals surface area contributed by atoms with Crippen LogP contribution in [0.3, 0.4) is 0 Å². The number of hydrogen-bond donors (Lipinski definition) is 2. The third kappa shape index (κ3) is 4.71. The molecule has 0 unspecified atom stereocenters. The monoisotopic (exact) mass is 250 g/mol. The van der Waals surface area contributed by atoms with Gasteiger partial charge in [0.25, 0.3) is 0 Å². The van der Waals surface area contributed by atoms with Crippen molar-refractivity contribution in [1.29, 1.82) is 0 Å². The highest BCUT2D eigenvalue weighted by Crippen LogP contribution is 2.14. The number of hydrogen-bond acceptors (Lipinski definition) is 1. The zero-order valence-corrected chi connectivity index (χ0v) is 8.86. The molecular formula is C10H10F4N2O. The molecule has 0 aliphatic carbocycles. The van der Waals surface area contributed by atoms with Gasteiger partial charge in [0, 0.05) is 5.69 Å². The van der Waals surface area contributed by atoms with Gasteiger partial charge in [-0.2, -0.15) is 13.2 Å². The van der Waals surface area contributed by atoms with Crippen LogP contribution in [0.4, 0.5) is 28.0 Å². The number of amides is 2. The minimum absolute atomic E-state index is 0.0905. The molecule has 0 bridgehead atoms. The van der Waals surface area contributed by atoms with E-state index in [0.29, 0.717) is 5.56 Å². The highest BCUT2D eigenvalue weighted by Gasteiger charge is 2.27. The van der Waals surface area contributed by atoms with Gasteiger partial charge >= 0.3 is 12.2 Å². The van der Waals surface area contributed by atoms with E-state index in [2.05, 4.69) is 5.32 Å². The first-order valence-electron chi connectivity index (χ1n) is 4.66. The number of nitrogens with one attached hydrogen (secondary N) is 2. The number of halogens is 4. The van der Waals surface area contributed by atoms with Crippen LogP contribution in [0.5, 0.6) is 0 Å². The van der Waals surface area contributed by atoms with E-state index in [9.17, 15) is 22.4 Å². The molecule has 0 aliphatic heterocycles. The number of urea groups is 1. The van der Waals surface area contributed by atoms with E-state index in [1.54, 1.807) is 5.32 Å². The molecule has 1 rings (SSSR count). The van der Waals surface area contributed by atoms with Crippen molar-refractivity contribution in [3.63, 3.8) is 0 Å². The summed E-state index contributed by atoms with van der Waals surface area (Å²) in [6.07, 6.45) is -4.48. The second kappa shape index (κ2) is 5.03. The van der Waals surface area contributed by atoms with Gasteiger partial charge in [0.15, 0.2) is 0 Å². The Labute approximate surface area is 94.8 Å². The summed E-state index contributed by atoms with van der Waals surface area (Å²) in [7, 11) is 0. The standard InChI is InChI=1S/C10H10F4N2O/c1-6-2-3-7(4-8(6)11)16-9(17)15-5-10(12,13)14/h2-4H,5H2,1H3,(H2,15,16,17). The molecule has 1 aromatic rings. The Morgan fingerprint density at radius 1 is 1.35 bits per heavy atom. The fourth-order valence-corrected chi connectivity index (χ4v) is 1.03. The third-order valence-electron chi connectivity index (χ3n) is 1.88. The highest BCUT2D eigenvalue weighted by atomic mass is 19.4. The van der Waals surface area contributed by atoms with E-state index in [1.165, 1.54) is 19.1 Å². The molecule has 0 heterocycles. The fourth-order valence-electron chi connectivity index (χ4n) is 1.03. The van der Waals surface area contributed by atoms with Crippen molar-refractivity contribution >= 4 is 11.7 Å². The number of carbonyl (C=O) groups excluding carboxylic acids is 1. The molecule has 0 fully saturated rings. The Bertz CT molecular complexity index is 417. The molecule has 0 aliphatic rings. The Morgan fingerprint density at radius 3 is 2.53 bits per heavy atom. The fraction of sp³-hybridized carbons (Fsp3) is 0.300. The highest BCUT2D eigenvalue weighted by molar-refractivity contribution is 5.89. The lowest BCUT2D eigenvalue weighted by atomic mass is 10.2. The van der Waals surface area contributed by atoms with E-state index in [0.717, 1.165) is 6.07 Å². The average molecular weight is 250 g/mol. The zero-order chi connectivity index (χ0) is 13.1. The van der Waals surface area contributed by atoms with Crippen molar-refractivity contribution < 1.29 is 22.4 Å². The summed E-state index contributed by atoms with van der Waals surface area (Å²) < 4.78 is 48.4. The summed E-state index contributed by atoms with van der Waals surface area (Å²) in [6, 6.07) is 2.80. The average Bonchev–Trinajstić information content (AvgIpc) is 2.20. The molecule has 94 valence electrons. The van der Waals surface area contributed by atoms with Crippen molar-refractivity contribution in [3.8, 4) is 0 Å². The number of aryl methyl sites for hydroxylation is 1. The minimum atomic E-state index is -4.48. The zero-order valence-electron chi connectivity index (χ0n) is 8.86. The van der Waals surface area contributed by atoms with Gasteiger partial charge in [-0.3, -0.25) is 0 Å². The third-order valence-corrected chi connectivity index (χ3v) is 1.88. The normalized spacial score (nSPS) is 11.1. The van der Waals surface area contributed by atoms with Crippen molar-refractivity contribution in [1.82, 2.24) is 5.32 Å². The number of anilines is 1. The summed E-state index contributed by atoms with van der Waals surface area (Å²) >= 11 is 0. The molecule has 0 saturated carbocycles. The van der Waals surface area contributed by atoms with E-state index in [-0.39, 0.29) is 5.69 Å². The van der Waals surface area contributed by atoms with Crippen LogP contribution in [0.25, 0.3) is 0 Å². The maximum Gasteiger partial charge on any atom is 0.405 e. The van der Waals surface area contributed by atoms with Crippen LogP contribution in [0, 0.1) is 12.7 Å². The lowest BCUT2D eigenvalue weighted by Gasteiger charge is -2.10. The smallest absolute Gasteiger partial charge is 0.329 e. The van der Waals surface area contributed by atoms with Crippen molar-refractivity contribution in [2.75, 3.05) is 11.9 Å². The van der Waals surface area contributed by atoms with Gasteiger partial charge in [-0.1, -0.05) is 6.07 Å². The predicted molar refractivity (Wildman–Crippen MR) is 54.2 cm³/mol. The number of carbonyl (C=O) groups is 1. The molecule has 17 heavy (non-hydrogen) atoms. The lowest BCUT2D eigenvalue weighted by molar-refractivity contribution is -0.122. The van der Waals surface area contributed by atoms with Crippen LogP contribution in [-0.4, -0.2) is 18.8 Å². The summed E-state index contributed by atoms with van der Waals surface area (Å²) in [5.41, 5.74) is 0.471. The SMILES string of the molecule is Cc1ccc(NC(=O)NCC(F)(F)F)cc1F. The van der Waals surface area contributed by atoms with E-state index < -0.39 is 24.6 Å². The van der Waals surface area contributed by atoms with Crippen LogP contribution >= 0.6 is 0 Å². The second-order valence-corrected chi connectivity index (χ2v) is 3.39. The van der Waals surface area contributed by atoms with Gasteiger partial charge in [-0.05, 0) is 24.6 Å². The maximum atomic E-state index is 13.1. The molecule has 0 atom stereocenters. The van der Waals surface area contributed by atoms with Crippen LogP contribution < -0.4 is 10.6 Å². The second-order valence-electron chi connectivity index (χ2n) is 3.39. The molecule has 2 amide bonds. The predicted octanol–water partition coefficient (Wildman–Crippen LogP) is 2.82. The van der Waals surface area contributed by atoms with Gasteiger partial charge in [-0.25, -0.2) is 9.18 Å². The number of alkyl halides is 3. The summed E-state index contributed by atoms with van der Waals surface area (Å²) in [5, 5.41) is 3.70. The molecule has 1 aromatic carbocycles. The molecule has 0 radical (unpaired) electrons. The van der Waals surface area contributed by atoms with Gasteiger partial charge in [0.1, 0.15) is 12.4 Å². The quantitative estimate of drug-likeness (QED) is 0.778. The van der Waals surface area contributed by atoms with Crippen molar-refractivity contribution in [2.24, 2.45) is 0 Å². The maximum absolute atomic E-state index is 13.1. The van der Waals surface area contributed by atoms with Gasteiger partial charge < -0.3 is 10.6 Å². The molecule has 0 saturated heterocycles. The van der Waals surface area contributed by atoms with Gasteiger partial charge in [-0.15, -0.1) is 0 Å². The summed E-state index contributed by atoms with van der Waals surface area (Å²) in [5.74, 6) is -0.543. The van der Waals surface area contributed by atoms with Gasteiger partial charge in [0.2, 0.25) is 0 Å². The van der Waals surface area contributed by atoms with Crippen molar-refractivity contribution in [2.45, 2.75) is 13.1 Å². The van der Waals surface area contributed by atoms with Gasteiger partial charge in [0.05, 0.1) is 0 Å². The Morgan fingerprint density at radius 2 is 2.00 bits per heavy atom. The first kappa shape index (κ1) is 13.3. The van der Waals surface area contributed by atoms with Crippen LogP contribution in [-0.2, 0) is 0 Å².